The van der Waals surface area contributed by atoms with E-state index in [1.54, 1.807) is 0 Å². The van der Waals surface area contributed by atoms with E-state index in [1.807, 2.05) is 0 Å². The predicted octanol–water partition coefficient (Wildman–Crippen LogP) is 5.53. The molecule has 152 valence electrons. The number of rotatable bonds is 6. The van der Waals surface area contributed by atoms with E-state index >= 15 is 0 Å². The van der Waals surface area contributed by atoms with Crippen LogP contribution in [0.2, 0.25) is 0 Å². The molecule has 0 saturated carbocycles. The fourth-order valence-corrected chi connectivity index (χ4v) is 4.02. The number of anilines is 4. The summed E-state index contributed by atoms with van der Waals surface area (Å²) < 4.78 is 0. The molecule has 0 fully saturated rings. The first-order valence-corrected chi connectivity index (χ1v) is 10.6. The molecule has 0 aliphatic heterocycles. The van der Waals surface area contributed by atoms with Crippen molar-refractivity contribution in [3.05, 3.63) is 45.5 Å². The molecular formula is C23H34N4S. The second-order valence-electron chi connectivity index (χ2n) is 7.23. The maximum atomic E-state index is 6.35. The minimum atomic E-state index is 0.570. The van der Waals surface area contributed by atoms with Gasteiger partial charge in [0.1, 0.15) is 0 Å². The summed E-state index contributed by atoms with van der Waals surface area (Å²) in [6, 6.07) is 4.30. The Balaban J connectivity index is 2.44. The zero-order valence-corrected chi connectivity index (χ0v) is 18.9. The monoisotopic (exact) mass is 398 g/mol. The third kappa shape index (κ3) is 4.25. The van der Waals surface area contributed by atoms with Gasteiger partial charge in [0.25, 0.3) is 0 Å². The third-order valence-electron chi connectivity index (χ3n) is 5.47. The smallest absolute Gasteiger partial charge is 0.175 e. The Bertz CT molecular complexity index is 816. The number of thiocarbonyl (C=S) groups is 1. The van der Waals surface area contributed by atoms with Crippen molar-refractivity contribution < 1.29 is 0 Å². The van der Waals surface area contributed by atoms with Gasteiger partial charge in [-0.3, -0.25) is 0 Å². The quantitative estimate of drug-likeness (QED) is 0.380. The molecule has 0 unspecified atom stereocenters. The molecule has 2 rings (SSSR count). The van der Waals surface area contributed by atoms with Gasteiger partial charge in [-0.1, -0.05) is 39.8 Å². The normalized spacial score (nSPS) is 10.8. The molecule has 0 saturated heterocycles. The molecule has 6 N–H and O–H groups in total. The lowest BCUT2D eigenvalue weighted by atomic mass is 9.97. The van der Waals surface area contributed by atoms with E-state index in [4.69, 9.17) is 23.7 Å². The summed E-state index contributed by atoms with van der Waals surface area (Å²) in [5.41, 5.74) is 23.4. The van der Waals surface area contributed by atoms with Gasteiger partial charge in [-0.15, -0.1) is 0 Å². The van der Waals surface area contributed by atoms with Crippen molar-refractivity contribution in [3.8, 4) is 0 Å². The lowest BCUT2D eigenvalue weighted by Crippen LogP contribution is -2.23. The van der Waals surface area contributed by atoms with Gasteiger partial charge in [-0.25, -0.2) is 0 Å². The van der Waals surface area contributed by atoms with Crippen LogP contribution in [-0.4, -0.2) is 5.11 Å². The molecule has 0 aliphatic carbocycles. The Morgan fingerprint density at radius 2 is 1.11 bits per heavy atom. The first kappa shape index (κ1) is 22.0. The number of nitrogens with two attached hydrogens (primary N) is 2. The van der Waals surface area contributed by atoms with Gasteiger partial charge in [-0.05, 0) is 85.1 Å². The number of hydrogen-bond acceptors (Lipinski definition) is 3. The van der Waals surface area contributed by atoms with Gasteiger partial charge in [0, 0.05) is 22.7 Å². The average Bonchev–Trinajstić information content (AvgIpc) is 2.67. The number of nitrogens with one attached hydrogen (secondary N) is 2. The summed E-state index contributed by atoms with van der Waals surface area (Å²) in [6.07, 6.45) is 3.53. The van der Waals surface area contributed by atoms with E-state index < -0.39 is 0 Å². The fraction of sp³-hybridized carbons (Fsp3) is 0.435. The van der Waals surface area contributed by atoms with Crippen molar-refractivity contribution in [2.45, 2.75) is 67.2 Å². The molecule has 0 spiro atoms. The van der Waals surface area contributed by atoms with Crippen LogP contribution in [0, 0.1) is 13.8 Å². The highest BCUT2D eigenvalue weighted by atomic mass is 32.1. The van der Waals surface area contributed by atoms with Crippen LogP contribution in [0.4, 0.5) is 22.7 Å². The summed E-state index contributed by atoms with van der Waals surface area (Å²) in [7, 11) is 0. The van der Waals surface area contributed by atoms with E-state index in [0.717, 1.165) is 70.7 Å². The number of hydrogen-bond donors (Lipinski definition) is 4. The summed E-state index contributed by atoms with van der Waals surface area (Å²) in [5, 5.41) is 7.44. The Labute approximate surface area is 175 Å². The first-order valence-electron chi connectivity index (χ1n) is 10.2. The molecule has 0 radical (unpaired) electrons. The molecule has 0 amide bonds. The van der Waals surface area contributed by atoms with Crippen LogP contribution in [0.3, 0.4) is 0 Å². The molecule has 0 heterocycles. The highest BCUT2D eigenvalue weighted by Gasteiger charge is 2.17. The van der Waals surface area contributed by atoms with Gasteiger partial charge in [0.15, 0.2) is 5.11 Å². The lowest BCUT2D eigenvalue weighted by molar-refractivity contribution is 1.08. The van der Waals surface area contributed by atoms with Crippen molar-refractivity contribution in [1.82, 2.24) is 0 Å². The lowest BCUT2D eigenvalue weighted by Gasteiger charge is -2.23. The fourth-order valence-electron chi connectivity index (χ4n) is 3.82. The van der Waals surface area contributed by atoms with E-state index in [0.29, 0.717) is 5.11 Å². The molecule has 0 atom stereocenters. The van der Waals surface area contributed by atoms with Crippen molar-refractivity contribution in [2.75, 3.05) is 22.1 Å². The Kier molecular flexibility index (Phi) is 7.30. The Hall–Kier alpha value is -2.27. The highest BCUT2D eigenvalue weighted by Crippen LogP contribution is 2.33. The number of benzene rings is 2. The molecule has 4 nitrogen and oxygen atoms in total. The van der Waals surface area contributed by atoms with Crippen molar-refractivity contribution in [3.63, 3.8) is 0 Å². The Morgan fingerprint density at radius 1 is 0.750 bits per heavy atom. The molecule has 0 aliphatic rings. The molecule has 28 heavy (non-hydrogen) atoms. The maximum absolute atomic E-state index is 6.35. The van der Waals surface area contributed by atoms with Crippen LogP contribution in [-0.2, 0) is 25.7 Å². The zero-order valence-electron chi connectivity index (χ0n) is 18.0. The molecule has 5 heteroatoms. The average molecular weight is 399 g/mol. The van der Waals surface area contributed by atoms with Gasteiger partial charge >= 0.3 is 0 Å². The van der Waals surface area contributed by atoms with Gasteiger partial charge in [0.2, 0.25) is 0 Å². The van der Waals surface area contributed by atoms with Crippen molar-refractivity contribution in [2.24, 2.45) is 0 Å². The first-order chi connectivity index (χ1) is 13.3. The van der Waals surface area contributed by atoms with E-state index in [1.165, 1.54) is 11.1 Å². The van der Waals surface area contributed by atoms with Crippen LogP contribution in [0.5, 0.6) is 0 Å². The second kappa shape index (κ2) is 9.28. The van der Waals surface area contributed by atoms with E-state index in [9.17, 15) is 0 Å². The minimum Gasteiger partial charge on any atom is -0.398 e. The minimum absolute atomic E-state index is 0.570. The van der Waals surface area contributed by atoms with E-state index in [-0.39, 0.29) is 0 Å². The number of nitrogen functional groups attached to an aromatic ring is 2. The summed E-state index contributed by atoms with van der Waals surface area (Å²) in [6.45, 7) is 12.7. The SMILES string of the molecule is CCc1cc(C)c(N)c(CC)c1NC(=S)Nc1c(CC)cc(C)c(N)c1CC. The van der Waals surface area contributed by atoms with Crippen molar-refractivity contribution in [1.29, 1.82) is 0 Å². The van der Waals surface area contributed by atoms with Crippen LogP contribution >= 0.6 is 12.2 Å². The molecule has 0 aromatic heterocycles. The second-order valence-corrected chi connectivity index (χ2v) is 7.64. The maximum Gasteiger partial charge on any atom is 0.175 e. The Morgan fingerprint density at radius 3 is 1.39 bits per heavy atom. The van der Waals surface area contributed by atoms with Gasteiger partial charge in [-0.2, -0.15) is 0 Å². The number of aryl methyl sites for hydroxylation is 4. The van der Waals surface area contributed by atoms with E-state index in [2.05, 4.69) is 64.3 Å². The van der Waals surface area contributed by atoms with Gasteiger partial charge in [0.05, 0.1) is 0 Å². The zero-order chi connectivity index (χ0) is 21.0. The van der Waals surface area contributed by atoms with Crippen LogP contribution in [0.1, 0.15) is 61.1 Å². The molecule has 2 aromatic carbocycles. The highest BCUT2D eigenvalue weighted by molar-refractivity contribution is 7.80. The standard InChI is InChI=1S/C23H34N4S/c1-7-15-11-13(5)19(24)17(9-3)21(15)26-23(28)27-22-16(8-2)12-14(6)20(25)18(22)10-4/h11-12H,7-10,24-25H2,1-6H3,(H2,26,27,28). The molecular weight excluding hydrogens is 364 g/mol. The summed E-state index contributed by atoms with van der Waals surface area (Å²) in [5.74, 6) is 0. The summed E-state index contributed by atoms with van der Waals surface area (Å²) in [4.78, 5) is 0. The molecule has 0 bridgehead atoms. The van der Waals surface area contributed by atoms with Crippen LogP contribution in [0.25, 0.3) is 0 Å². The topological polar surface area (TPSA) is 76.1 Å². The molecule has 2 aromatic rings. The van der Waals surface area contributed by atoms with Gasteiger partial charge < -0.3 is 22.1 Å². The van der Waals surface area contributed by atoms with Crippen LogP contribution < -0.4 is 22.1 Å². The predicted molar refractivity (Wildman–Crippen MR) is 129 cm³/mol. The summed E-state index contributed by atoms with van der Waals surface area (Å²) >= 11 is 5.70. The van der Waals surface area contributed by atoms with Crippen molar-refractivity contribution >= 4 is 40.1 Å². The third-order valence-corrected chi connectivity index (χ3v) is 5.68. The largest absolute Gasteiger partial charge is 0.398 e. The van der Waals surface area contributed by atoms with Crippen LogP contribution in [0.15, 0.2) is 12.1 Å².